The van der Waals surface area contributed by atoms with E-state index in [1.807, 2.05) is 11.8 Å². The molecule has 11 heavy (non-hydrogen) atoms. The van der Waals surface area contributed by atoms with Gasteiger partial charge in [-0.1, -0.05) is 0 Å². The Morgan fingerprint density at radius 3 is 2.36 bits per heavy atom. The molecule has 0 atom stereocenters. The number of rotatable bonds is 2. The maximum atomic E-state index is 2.34. The lowest BCUT2D eigenvalue weighted by molar-refractivity contribution is 1.40. The number of halogens is 1. The highest BCUT2D eigenvalue weighted by molar-refractivity contribution is 14.1. The summed E-state index contributed by atoms with van der Waals surface area (Å²) in [5, 5.41) is 0.926. The van der Waals surface area contributed by atoms with Gasteiger partial charge in [0.25, 0.3) is 0 Å². The van der Waals surface area contributed by atoms with Crippen LogP contribution in [-0.4, -0.2) is 5.25 Å². The summed E-state index contributed by atoms with van der Waals surface area (Å²) in [5.41, 5.74) is 0. The fraction of sp³-hybridized carbons (Fsp3) is 0.333. The molecule has 1 saturated carbocycles. The van der Waals surface area contributed by atoms with E-state index in [0.29, 0.717) is 0 Å². The molecular formula is C9H9IS. The fourth-order valence-corrected chi connectivity index (χ4v) is 2.30. The van der Waals surface area contributed by atoms with Crippen molar-refractivity contribution in [2.75, 3.05) is 0 Å². The Bertz CT molecular complexity index is 238. The van der Waals surface area contributed by atoms with Gasteiger partial charge >= 0.3 is 0 Å². The standard InChI is InChI=1S/C9H9IS/c10-7-1-3-8(4-2-7)11-9-5-6-9/h1-4,9H,5-6H2. The van der Waals surface area contributed by atoms with Crippen molar-refractivity contribution < 1.29 is 0 Å². The van der Waals surface area contributed by atoms with E-state index in [0.717, 1.165) is 5.25 Å². The van der Waals surface area contributed by atoms with Gasteiger partial charge in [0.05, 0.1) is 0 Å². The first-order valence-electron chi connectivity index (χ1n) is 3.77. The van der Waals surface area contributed by atoms with E-state index in [2.05, 4.69) is 46.9 Å². The minimum atomic E-state index is 0.926. The molecule has 0 nitrogen and oxygen atoms in total. The third kappa shape index (κ3) is 2.37. The maximum Gasteiger partial charge on any atom is 0.0131 e. The summed E-state index contributed by atoms with van der Waals surface area (Å²) in [4.78, 5) is 1.42. The Kier molecular flexibility index (Phi) is 2.42. The van der Waals surface area contributed by atoms with Crippen LogP contribution in [0.5, 0.6) is 0 Å². The van der Waals surface area contributed by atoms with E-state index in [1.165, 1.54) is 21.3 Å². The quantitative estimate of drug-likeness (QED) is 0.744. The van der Waals surface area contributed by atoms with Gasteiger partial charge in [0.15, 0.2) is 0 Å². The zero-order valence-electron chi connectivity index (χ0n) is 6.09. The van der Waals surface area contributed by atoms with Crippen LogP contribution in [0.1, 0.15) is 12.8 Å². The number of thioether (sulfide) groups is 1. The van der Waals surface area contributed by atoms with Crippen molar-refractivity contribution in [3.05, 3.63) is 27.8 Å². The van der Waals surface area contributed by atoms with Gasteiger partial charge in [-0.2, -0.15) is 0 Å². The second-order valence-corrected chi connectivity index (χ2v) is 5.39. The highest BCUT2D eigenvalue weighted by Gasteiger charge is 2.22. The van der Waals surface area contributed by atoms with Gasteiger partial charge in [0, 0.05) is 13.7 Å². The predicted molar refractivity (Wildman–Crippen MR) is 58.0 cm³/mol. The second-order valence-electron chi connectivity index (χ2n) is 2.77. The summed E-state index contributed by atoms with van der Waals surface area (Å²) in [6, 6.07) is 8.77. The normalized spacial score (nSPS) is 16.8. The van der Waals surface area contributed by atoms with Crippen molar-refractivity contribution in [1.82, 2.24) is 0 Å². The number of hydrogen-bond donors (Lipinski definition) is 0. The van der Waals surface area contributed by atoms with E-state index >= 15 is 0 Å². The molecule has 1 fully saturated rings. The highest BCUT2D eigenvalue weighted by Crippen LogP contribution is 2.38. The SMILES string of the molecule is Ic1ccc(SC2CC2)cc1. The minimum Gasteiger partial charge on any atom is -0.123 e. The lowest BCUT2D eigenvalue weighted by Crippen LogP contribution is -1.75. The van der Waals surface area contributed by atoms with E-state index in [9.17, 15) is 0 Å². The molecule has 0 N–H and O–H groups in total. The monoisotopic (exact) mass is 276 g/mol. The Hall–Kier alpha value is 0.300. The summed E-state index contributed by atoms with van der Waals surface area (Å²) < 4.78 is 1.32. The van der Waals surface area contributed by atoms with Crippen LogP contribution < -0.4 is 0 Å². The summed E-state index contributed by atoms with van der Waals surface area (Å²) in [7, 11) is 0. The molecule has 2 heteroatoms. The molecule has 0 spiro atoms. The molecule has 0 amide bonds. The van der Waals surface area contributed by atoms with E-state index < -0.39 is 0 Å². The lowest BCUT2D eigenvalue weighted by Gasteiger charge is -1.97. The largest absolute Gasteiger partial charge is 0.123 e. The van der Waals surface area contributed by atoms with Crippen molar-refractivity contribution in [2.24, 2.45) is 0 Å². The van der Waals surface area contributed by atoms with Gasteiger partial charge in [0.2, 0.25) is 0 Å². The maximum absolute atomic E-state index is 2.34. The van der Waals surface area contributed by atoms with E-state index in [-0.39, 0.29) is 0 Å². The Morgan fingerprint density at radius 1 is 1.18 bits per heavy atom. The summed E-state index contributed by atoms with van der Waals surface area (Å²) >= 11 is 4.35. The van der Waals surface area contributed by atoms with Crippen molar-refractivity contribution in [3.63, 3.8) is 0 Å². The summed E-state index contributed by atoms with van der Waals surface area (Å²) in [6.07, 6.45) is 2.83. The van der Waals surface area contributed by atoms with Gasteiger partial charge in [-0.25, -0.2) is 0 Å². The average molecular weight is 276 g/mol. The molecular weight excluding hydrogens is 267 g/mol. The van der Waals surface area contributed by atoms with E-state index in [4.69, 9.17) is 0 Å². The molecule has 1 aliphatic rings. The molecule has 0 unspecified atom stereocenters. The predicted octanol–water partition coefficient (Wildman–Crippen LogP) is 3.55. The summed E-state index contributed by atoms with van der Waals surface area (Å²) in [5.74, 6) is 0. The Labute approximate surface area is 84.9 Å². The molecule has 0 heterocycles. The average Bonchev–Trinajstić information content (AvgIpc) is 2.78. The van der Waals surface area contributed by atoms with Crippen LogP contribution in [0.3, 0.4) is 0 Å². The molecule has 58 valence electrons. The zero-order chi connectivity index (χ0) is 7.68. The second kappa shape index (κ2) is 3.35. The Morgan fingerprint density at radius 2 is 1.82 bits per heavy atom. The molecule has 0 aromatic heterocycles. The van der Waals surface area contributed by atoms with Crippen LogP contribution >= 0.6 is 34.4 Å². The van der Waals surface area contributed by atoms with Gasteiger partial charge < -0.3 is 0 Å². The first kappa shape index (κ1) is 7.92. The van der Waals surface area contributed by atoms with Crippen molar-refractivity contribution >= 4 is 34.4 Å². The molecule has 1 aromatic carbocycles. The van der Waals surface area contributed by atoms with Crippen LogP contribution in [0.15, 0.2) is 29.2 Å². The lowest BCUT2D eigenvalue weighted by atomic mass is 10.4. The third-order valence-electron chi connectivity index (χ3n) is 1.64. The van der Waals surface area contributed by atoms with E-state index in [1.54, 1.807) is 0 Å². The minimum absolute atomic E-state index is 0.926. The molecule has 0 aliphatic heterocycles. The van der Waals surface area contributed by atoms with Crippen LogP contribution in [0, 0.1) is 3.57 Å². The van der Waals surface area contributed by atoms with Crippen molar-refractivity contribution in [3.8, 4) is 0 Å². The number of hydrogen-bond acceptors (Lipinski definition) is 1. The molecule has 1 aromatic rings. The topological polar surface area (TPSA) is 0 Å². The molecule has 0 bridgehead atoms. The van der Waals surface area contributed by atoms with Crippen LogP contribution in [0.4, 0.5) is 0 Å². The molecule has 1 aliphatic carbocycles. The first-order chi connectivity index (χ1) is 5.34. The van der Waals surface area contributed by atoms with Crippen LogP contribution in [0.2, 0.25) is 0 Å². The fourth-order valence-electron chi connectivity index (χ4n) is 0.892. The van der Waals surface area contributed by atoms with Crippen molar-refractivity contribution in [1.29, 1.82) is 0 Å². The van der Waals surface area contributed by atoms with Gasteiger partial charge in [-0.3, -0.25) is 0 Å². The van der Waals surface area contributed by atoms with Crippen LogP contribution in [0.25, 0.3) is 0 Å². The highest BCUT2D eigenvalue weighted by atomic mass is 127. The molecule has 0 saturated heterocycles. The first-order valence-corrected chi connectivity index (χ1v) is 5.73. The smallest absolute Gasteiger partial charge is 0.0131 e. The Balaban J connectivity index is 2.06. The zero-order valence-corrected chi connectivity index (χ0v) is 9.06. The van der Waals surface area contributed by atoms with Gasteiger partial charge in [-0.05, 0) is 59.7 Å². The summed E-state index contributed by atoms with van der Waals surface area (Å²) in [6.45, 7) is 0. The van der Waals surface area contributed by atoms with Crippen molar-refractivity contribution in [2.45, 2.75) is 23.0 Å². The number of benzene rings is 1. The van der Waals surface area contributed by atoms with Crippen LogP contribution in [-0.2, 0) is 0 Å². The molecule has 0 radical (unpaired) electrons. The van der Waals surface area contributed by atoms with Gasteiger partial charge in [-0.15, -0.1) is 11.8 Å². The third-order valence-corrected chi connectivity index (χ3v) is 3.71. The van der Waals surface area contributed by atoms with Gasteiger partial charge in [0.1, 0.15) is 0 Å². The molecule has 2 rings (SSSR count).